The number of carbonyl (C=O) groups is 2. The third kappa shape index (κ3) is 4.04. The van der Waals surface area contributed by atoms with Gasteiger partial charge in [0.25, 0.3) is 11.5 Å². The van der Waals surface area contributed by atoms with Crippen molar-refractivity contribution in [3.63, 3.8) is 0 Å². The normalized spacial score (nSPS) is 10.9. The summed E-state index contributed by atoms with van der Waals surface area (Å²) in [6.07, 6.45) is 1.45. The Hall–Kier alpha value is -3.20. The number of thiophene rings is 1. The van der Waals surface area contributed by atoms with Crippen molar-refractivity contribution < 1.29 is 9.59 Å². The van der Waals surface area contributed by atoms with Crippen LogP contribution in [0.15, 0.2) is 35.4 Å². The quantitative estimate of drug-likeness (QED) is 0.627. The highest BCUT2D eigenvalue weighted by Gasteiger charge is 2.19. The fraction of sp³-hybridized carbons (Fsp3) is 0.263. The SMILES string of the molecule is Cc1c(C(=O)Nc2ccc(NC(=O)NC(C)C)cc2)sc2ncn(C)c(=O)c12. The minimum atomic E-state index is -0.305. The number of carbonyl (C=O) groups excluding carboxylic acids is 2. The molecule has 0 saturated heterocycles. The van der Waals surface area contributed by atoms with Gasteiger partial charge in [-0.05, 0) is 50.6 Å². The van der Waals surface area contributed by atoms with Crippen LogP contribution in [0.25, 0.3) is 10.2 Å². The highest BCUT2D eigenvalue weighted by atomic mass is 32.1. The molecule has 3 N–H and O–H groups in total. The molecule has 0 radical (unpaired) electrons. The molecule has 0 spiro atoms. The molecule has 0 aliphatic carbocycles. The second-order valence-corrected chi connectivity index (χ2v) is 7.68. The molecule has 0 atom stereocenters. The minimum absolute atomic E-state index is 0.0365. The van der Waals surface area contributed by atoms with Crippen molar-refractivity contribution in [2.75, 3.05) is 10.6 Å². The first-order valence-corrected chi connectivity index (χ1v) is 9.51. The first-order chi connectivity index (χ1) is 13.3. The van der Waals surface area contributed by atoms with Gasteiger partial charge in [-0.15, -0.1) is 11.3 Å². The largest absolute Gasteiger partial charge is 0.336 e. The Morgan fingerprint density at radius 3 is 2.32 bits per heavy atom. The van der Waals surface area contributed by atoms with Gasteiger partial charge in [-0.3, -0.25) is 9.59 Å². The van der Waals surface area contributed by atoms with E-state index in [1.807, 2.05) is 13.8 Å². The van der Waals surface area contributed by atoms with Gasteiger partial charge in [-0.25, -0.2) is 9.78 Å². The zero-order chi connectivity index (χ0) is 20.4. The number of aryl methyl sites for hydroxylation is 2. The van der Waals surface area contributed by atoms with Crippen LogP contribution in [0.2, 0.25) is 0 Å². The fourth-order valence-corrected chi connectivity index (χ4v) is 3.71. The predicted molar refractivity (Wildman–Crippen MR) is 111 cm³/mol. The van der Waals surface area contributed by atoms with Crippen molar-refractivity contribution in [1.82, 2.24) is 14.9 Å². The summed E-state index contributed by atoms with van der Waals surface area (Å²) in [6, 6.07) is 6.54. The number of urea groups is 1. The number of anilines is 2. The molecule has 8 nitrogen and oxygen atoms in total. The van der Waals surface area contributed by atoms with Crippen LogP contribution in [-0.4, -0.2) is 27.5 Å². The van der Waals surface area contributed by atoms with Crippen LogP contribution >= 0.6 is 11.3 Å². The van der Waals surface area contributed by atoms with Crippen LogP contribution in [0.1, 0.15) is 29.1 Å². The summed E-state index contributed by atoms with van der Waals surface area (Å²) in [5.74, 6) is -0.305. The van der Waals surface area contributed by atoms with E-state index >= 15 is 0 Å². The lowest BCUT2D eigenvalue weighted by Crippen LogP contribution is -2.34. The smallest absolute Gasteiger partial charge is 0.319 e. The van der Waals surface area contributed by atoms with E-state index < -0.39 is 0 Å². The lowest BCUT2D eigenvalue weighted by atomic mass is 10.2. The number of fused-ring (bicyclic) bond motifs is 1. The van der Waals surface area contributed by atoms with Crippen LogP contribution in [0.3, 0.4) is 0 Å². The van der Waals surface area contributed by atoms with Gasteiger partial charge >= 0.3 is 6.03 Å². The summed E-state index contributed by atoms with van der Waals surface area (Å²) < 4.78 is 1.39. The molecule has 1 aromatic carbocycles. The maximum absolute atomic E-state index is 12.7. The van der Waals surface area contributed by atoms with E-state index in [1.54, 1.807) is 38.2 Å². The summed E-state index contributed by atoms with van der Waals surface area (Å²) in [5.41, 5.74) is 1.64. The number of nitrogens with one attached hydrogen (secondary N) is 3. The average Bonchev–Trinajstić information content (AvgIpc) is 2.96. The molecule has 2 aromatic heterocycles. The second-order valence-electron chi connectivity index (χ2n) is 6.68. The molecule has 0 aliphatic heterocycles. The minimum Gasteiger partial charge on any atom is -0.336 e. The zero-order valence-corrected chi connectivity index (χ0v) is 16.8. The molecular weight excluding hydrogens is 378 g/mol. The number of rotatable bonds is 4. The molecule has 0 saturated carbocycles. The lowest BCUT2D eigenvalue weighted by molar-refractivity contribution is 0.103. The Kier molecular flexibility index (Phi) is 5.46. The maximum Gasteiger partial charge on any atom is 0.319 e. The molecule has 28 heavy (non-hydrogen) atoms. The highest BCUT2D eigenvalue weighted by Crippen LogP contribution is 2.27. The lowest BCUT2D eigenvalue weighted by Gasteiger charge is -2.11. The van der Waals surface area contributed by atoms with E-state index in [0.29, 0.717) is 32.0 Å². The van der Waals surface area contributed by atoms with Gasteiger partial charge in [0, 0.05) is 24.5 Å². The number of nitrogens with zero attached hydrogens (tertiary/aromatic N) is 2. The van der Waals surface area contributed by atoms with Gasteiger partial charge < -0.3 is 20.5 Å². The van der Waals surface area contributed by atoms with E-state index in [-0.39, 0.29) is 23.5 Å². The molecule has 2 heterocycles. The Labute approximate surface area is 165 Å². The van der Waals surface area contributed by atoms with Crippen molar-refractivity contribution in [1.29, 1.82) is 0 Å². The van der Waals surface area contributed by atoms with Crippen LogP contribution in [-0.2, 0) is 7.05 Å². The van der Waals surface area contributed by atoms with Gasteiger partial charge in [0.05, 0.1) is 16.6 Å². The predicted octanol–water partition coefficient (Wildman–Crippen LogP) is 3.09. The monoisotopic (exact) mass is 399 g/mol. The summed E-state index contributed by atoms with van der Waals surface area (Å²) in [6.45, 7) is 5.50. The summed E-state index contributed by atoms with van der Waals surface area (Å²) in [4.78, 5) is 41.9. The second kappa shape index (κ2) is 7.81. The van der Waals surface area contributed by atoms with Crippen molar-refractivity contribution in [2.45, 2.75) is 26.8 Å². The molecule has 3 amide bonds. The summed E-state index contributed by atoms with van der Waals surface area (Å²) in [7, 11) is 1.63. The third-order valence-corrected chi connectivity index (χ3v) is 5.24. The molecule has 0 aliphatic rings. The zero-order valence-electron chi connectivity index (χ0n) is 16.0. The van der Waals surface area contributed by atoms with Crippen molar-refractivity contribution in [3.05, 3.63) is 51.4 Å². The van der Waals surface area contributed by atoms with E-state index in [1.165, 1.54) is 22.2 Å². The topological polar surface area (TPSA) is 105 Å². The molecule has 146 valence electrons. The molecule has 0 bridgehead atoms. The number of aromatic nitrogens is 2. The van der Waals surface area contributed by atoms with Crippen LogP contribution in [0.5, 0.6) is 0 Å². The maximum atomic E-state index is 12.7. The van der Waals surface area contributed by atoms with Crippen molar-refractivity contribution >= 4 is 44.9 Å². The number of amides is 3. The standard InChI is InChI=1S/C19H21N5O3S/c1-10(2)21-19(27)23-13-7-5-12(6-8-13)22-16(25)15-11(3)14-17(28-15)20-9-24(4)18(14)26/h5-10H,1-4H3,(H,22,25)(H2,21,23,27). The molecular formula is C19H21N5O3S. The molecule has 0 fully saturated rings. The third-order valence-electron chi connectivity index (χ3n) is 4.04. The van der Waals surface area contributed by atoms with Crippen molar-refractivity contribution in [2.24, 2.45) is 7.05 Å². The Balaban J connectivity index is 1.76. The molecule has 0 unspecified atom stereocenters. The Morgan fingerprint density at radius 2 is 1.71 bits per heavy atom. The van der Waals surface area contributed by atoms with Gasteiger partial charge in [0.2, 0.25) is 0 Å². The van der Waals surface area contributed by atoms with E-state index in [4.69, 9.17) is 0 Å². The van der Waals surface area contributed by atoms with Crippen molar-refractivity contribution in [3.8, 4) is 0 Å². The van der Waals surface area contributed by atoms with Gasteiger partial charge in [0.15, 0.2) is 0 Å². The average molecular weight is 399 g/mol. The molecule has 3 rings (SSSR count). The number of hydrogen-bond donors (Lipinski definition) is 3. The first kappa shape index (κ1) is 19.6. The van der Waals surface area contributed by atoms with E-state index in [2.05, 4.69) is 20.9 Å². The van der Waals surface area contributed by atoms with Crippen LogP contribution in [0, 0.1) is 6.92 Å². The first-order valence-electron chi connectivity index (χ1n) is 8.70. The Bertz CT molecular complexity index is 1100. The van der Waals surface area contributed by atoms with Gasteiger partial charge in [0.1, 0.15) is 4.83 Å². The summed E-state index contributed by atoms with van der Waals surface area (Å²) >= 11 is 1.19. The van der Waals surface area contributed by atoms with E-state index in [0.717, 1.165) is 0 Å². The number of hydrogen-bond acceptors (Lipinski definition) is 5. The Morgan fingerprint density at radius 1 is 1.11 bits per heavy atom. The summed E-state index contributed by atoms with van der Waals surface area (Å²) in [5, 5.41) is 8.73. The number of benzene rings is 1. The van der Waals surface area contributed by atoms with Gasteiger partial charge in [-0.1, -0.05) is 0 Å². The van der Waals surface area contributed by atoms with Gasteiger partial charge in [-0.2, -0.15) is 0 Å². The fourth-order valence-electron chi connectivity index (χ4n) is 2.68. The highest BCUT2D eigenvalue weighted by molar-refractivity contribution is 7.20. The van der Waals surface area contributed by atoms with Crippen LogP contribution in [0.4, 0.5) is 16.2 Å². The molecule has 3 aromatic rings. The van der Waals surface area contributed by atoms with Crippen LogP contribution < -0.4 is 21.5 Å². The van der Waals surface area contributed by atoms with E-state index in [9.17, 15) is 14.4 Å². The molecule has 9 heteroatoms.